The van der Waals surface area contributed by atoms with Gasteiger partial charge in [0.2, 0.25) is 0 Å². The second kappa shape index (κ2) is 5.17. The summed E-state index contributed by atoms with van der Waals surface area (Å²) in [6, 6.07) is 6.53. The molecule has 1 spiro atoms. The van der Waals surface area contributed by atoms with E-state index < -0.39 is 10.6 Å². The molecule has 1 aromatic carbocycles. The maximum absolute atomic E-state index is 5.61. The molecule has 1 aromatic rings. The monoisotopic (exact) mass is 293 g/mol. The third-order valence-electron chi connectivity index (χ3n) is 4.71. The van der Waals surface area contributed by atoms with Gasteiger partial charge in [0.15, 0.2) is 0 Å². The average molecular weight is 293 g/mol. The fraction of sp³-hybridized carbons (Fsp3) is 0.562. The zero-order valence-electron chi connectivity index (χ0n) is 12.5. The van der Waals surface area contributed by atoms with E-state index in [1.54, 1.807) is 14.2 Å². The van der Waals surface area contributed by atoms with Crippen LogP contribution in [-0.4, -0.2) is 32.2 Å². The van der Waals surface area contributed by atoms with E-state index in [1.165, 1.54) is 36.8 Å². The smallest absolute Gasteiger partial charge is 0.0648 e. The summed E-state index contributed by atoms with van der Waals surface area (Å²) < 4.78 is 11.2. The van der Waals surface area contributed by atoms with E-state index in [-0.39, 0.29) is 5.54 Å². The molecule has 1 aliphatic carbocycles. The first kappa shape index (κ1) is 14.1. The van der Waals surface area contributed by atoms with Gasteiger partial charge in [0.1, 0.15) is 0 Å². The highest BCUT2D eigenvalue weighted by Crippen LogP contribution is 2.54. The molecule has 3 nitrogen and oxygen atoms in total. The van der Waals surface area contributed by atoms with Crippen molar-refractivity contribution >= 4 is 16.8 Å². The Kier molecular flexibility index (Phi) is 3.65. The van der Waals surface area contributed by atoms with Gasteiger partial charge in [0, 0.05) is 12.5 Å². The van der Waals surface area contributed by atoms with Crippen LogP contribution in [0.25, 0.3) is 0 Å². The van der Waals surface area contributed by atoms with Crippen LogP contribution < -0.4 is 0 Å². The minimum atomic E-state index is -1.61. The lowest BCUT2D eigenvalue weighted by Crippen LogP contribution is -2.29. The summed E-state index contributed by atoms with van der Waals surface area (Å²) in [4.78, 5) is 6.01. The minimum Gasteiger partial charge on any atom is -0.286 e. The van der Waals surface area contributed by atoms with Crippen molar-refractivity contribution in [3.05, 3.63) is 29.3 Å². The van der Waals surface area contributed by atoms with E-state index in [0.29, 0.717) is 0 Å². The molecule has 1 fully saturated rings. The van der Waals surface area contributed by atoms with Crippen LogP contribution in [0, 0.1) is 0 Å². The van der Waals surface area contributed by atoms with Crippen LogP contribution in [-0.2, 0) is 14.8 Å². The molecule has 2 aliphatic rings. The van der Waals surface area contributed by atoms with Gasteiger partial charge < -0.3 is 0 Å². The molecule has 110 valence electrons. The highest BCUT2D eigenvalue weighted by molar-refractivity contribution is 8.25. The van der Waals surface area contributed by atoms with Gasteiger partial charge in [-0.15, -0.1) is 0 Å². The molecule has 0 amide bonds. The normalized spacial score (nSPS) is 21.1. The Balaban J connectivity index is 1.96. The standard InChI is InChI=1S/C16H23NO2S/c1-18-20(3,19-2)15-7-6-13-12-17-16(8-4-5-9-16)11-14(13)10-15/h6-7,10,12H,4-5,8-9,11H2,1-3H3. The molecule has 0 aromatic heterocycles. The Labute approximate surface area is 123 Å². The van der Waals surface area contributed by atoms with Crippen LogP contribution in [0.5, 0.6) is 0 Å². The van der Waals surface area contributed by atoms with E-state index >= 15 is 0 Å². The maximum Gasteiger partial charge on any atom is 0.0648 e. The van der Waals surface area contributed by atoms with Gasteiger partial charge in [0.05, 0.1) is 24.7 Å². The van der Waals surface area contributed by atoms with Crippen molar-refractivity contribution in [1.29, 1.82) is 0 Å². The van der Waals surface area contributed by atoms with Crippen molar-refractivity contribution in [3.8, 4) is 0 Å². The molecule has 3 rings (SSSR count). The molecular formula is C16H23NO2S. The fourth-order valence-electron chi connectivity index (χ4n) is 3.30. The summed E-state index contributed by atoms with van der Waals surface area (Å²) in [5.74, 6) is 0. The summed E-state index contributed by atoms with van der Waals surface area (Å²) in [7, 11) is 1.83. The van der Waals surface area contributed by atoms with Gasteiger partial charge in [0.25, 0.3) is 0 Å². The largest absolute Gasteiger partial charge is 0.286 e. The average Bonchev–Trinajstić information content (AvgIpc) is 2.93. The minimum absolute atomic E-state index is 0.178. The molecule has 1 saturated carbocycles. The first-order valence-corrected chi connectivity index (χ1v) is 9.08. The van der Waals surface area contributed by atoms with Gasteiger partial charge in [-0.05, 0) is 42.5 Å². The Morgan fingerprint density at radius 3 is 2.50 bits per heavy atom. The Hall–Kier alpha value is -0.840. The predicted octanol–water partition coefficient (Wildman–Crippen LogP) is 3.89. The van der Waals surface area contributed by atoms with Crippen molar-refractivity contribution in [1.82, 2.24) is 0 Å². The molecule has 0 unspecified atom stereocenters. The predicted molar refractivity (Wildman–Crippen MR) is 84.7 cm³/mol. The summed E-state index contributed by atoms with van der Waals surface area (Å²) in [5, 5.41) is 0. The molecular weight excluding hydrogens is 270 g/mol. The number of fused-ring (bicyclic) bond motifs is 1. The summed E-state index contributed by atoms with van der Waals surface area (Å²) in [6.45, 7) is 0. The molecule has 20 heavy (non-hydrogen) atoms. The molecule has 0 atom stereocenters. The molecule has 1 heterocycles. The summed E-state index contributed by atoms with van der Waals surface area (Å²) >= 11 is 0. The van der Waals surface area contributed by atoms with Crippen molar-refractivity contribution in [2.45, 2.75) is 42.5 Å². The van der Waals surface area contributed by atoms with E-state index in [1.807, 2.05) is 6.26 Å². The number of aliphatic imine (C=N–C) groups is 1. The summed E-state index contributed by atoms with van der Waals surface area (Å²) in [6.07, 6.45) is 10.3. The second-order valence-electron chi connectivity index (χ2n) is 5.83. The van der Waals surface area contributed by atoms with E-state index in [0.717, 1.165) is 11.3 Å². The van der Waals surface area contributed by atoms with Crippen LogP contribution in [0.15, 0.2) is 28.1 Å². The number of benzene rings is 1. The van der Waals surface area contributed by atoms with E-state index in [4.69, 9.17) is 13.4 Å². The van der Waals surface area contributed by atoms with Crippen LogP contribution in [0.3, 0.4) is 0 Å². The Morgan fingerprint density at radius 2 is 1.85 bits per heavy atom. The van der Waals surface area contributed by atoms with Crippen molar-refractivity contribution < 1.29 is 8.37 Å². The quantitative estimate of drug-likeness (QED) is 0.846. The first-order valence-electron chi connectivity index (χ1n) is 7.18. The van der Waals surface area contributed by atoms with Gasteiger partial charge in [-0.3, -0.25) is 13.4 Å². The topological polar surface area (TPSA) is 30.8 Å². The lowest BCUT2D eigenvalue weighted by molar-refractivity contribution is 0.351. The van der Waals surface area contributed by atoms with Crippen molar-refractivity contribution in [3.63, 3.8) is 0 Å². The van der Waals surface area contributed by atoms with Gasteiger partial charge >= 0.3 is 0 Å². The molecule has 1 aliphatic heterocycles. The highest BCUT2D eigenvalue weighted by atomic mass is 32.3. The van der Waals surface area contributed by atoms with Gasteiger partial charge in [-0.2, -0.15) is 10.6 Å². The SMILES string of the molecule is COS(C)(OC)c1ccc2c(c1)CC1(CCCC1)N=C2. The van der Waals surface area contributed by atoms with Gasteiger partial charge in [-0.25, -0.2) is 0 Å². The maximum atomic E-state index is 5.61. The van der Waals surface area contributed by atoms with Crippen LogP contribution in [0.1, 0.15) is 36.8 Å². The highest BCUT2D eigenvalue weighted by Gasteiger charge is 2.35. The van der Waals surface area contributed by atoms with Crippen LogP contribution >= 0.6 is 10.6 Å². The van der Waals surface area contributed by atoms with Crippen LogP contribution in [0.2, 0.25) is 0 Å². The summed E-state index contributed by atoms with van der Waals surface area (Å²) in [5.41, 5.74) is 2.82. The number of rotatable bonds is 3. The molecule has 0 radical (unpaired) electrons. The van der Waals surface area contributed by atoms with Crippen LogP contribution in [0.4, 0.5) is 0 Å². The zero-order valence-corrected chi connectivity index (χ0v) is 13.3. The third kappa shape index (κ3) is 2.30. The van der Waals surface area contributed by atoms with Gasteiger partial charge in [-0.1, -0.05) is 18.9 Å². The van der Waals surface area contributed by atoms with E-state index in [2.05, 4.69) is 24.4 Å². The Bertz CT molecular complexity index is 531. The molecule has 0 bridgehead atoms. The third-order valence-corrected chi connectivity index (χ3v) is 7.09. The van der Waals surface area contributed by atoms with Crippen molar-refractivity contribution in [2.24, 2.45) is 4.99 Å². The van der Waals surface area contributed by atoms with E-state index in [9.17, 15) is 0 Å². The lowest BCUT2D eigenvalue weighted by atomic mass is 9.85. The number of nitrogens with zero attached hydrogens (tertiary/aromatic N) is 1. The Morgan fingerprint density at radius 1 is 1.15 bits per heavy atom. The first-order chi connectivity index (χ1) is 9.61. The van der Waals surface area contributed by atoms with Crippen molar-refractivity contribution in [2.75, 3.05) is 20.5 Å². The molecule has 0 N–H and O–H groups in total. The molecule has 0 saturated heterocycles. The molecule has 4 heteroatoms. The fourth-order valence-corrected chi connectivity index (χ4v) is 4.49. The lowest BCUT2D eigenvalue weighted by Gasteiger charge is -2.38. The second-order valence-corrected chi connectivity index (χ2v) is 8.51. The number of hydrogen-bond donors (Lipinski definition) is 0. The number of hydrogen-bond acceptors (Lipinski definition) is 3. The zero-order chi connectivity index (χ0) is 14.2.